The molecule has 0 aliphatic carbocycles. The first-order valence-electron chi connectivity index (χ1n) is 4.11. The van der Waals surface area contributed by atoms with Crippen molar-refractivity contribution in [1.82, 2.24) is 0 Å². The molecule has 0 N–H and O–H groups in total. The monoisotopic (exact) mass is 194 g/mol. The van der Waals surface area contributed by atoms with E-state index in [0.29, 0.717) is 0 Å². The lowest BCUT2D eigenvalue weighted by Gasteiger charge is -2.17. The number of hydrogen-bond donors (Lipinski definition) is 0. The maximum atomic E-state index is 5.42. The first-order chi connectivity index (χ1) is 5.52. The minimum absolute atomic E-state index is 1.17. The first-order valence-corrected chi connectivity index (χ1v) is 8.02. The molecule has 0 fully saturated rings. The van der Waals surface area contributed by atoms with E-state index in [0.717, 1.165) is 0 Å². The Hall–Kier alpha value is -0.473. The zero-order chi connectivity index (χ0) is 9.19. The first kappa shape index (κ1) is 9.61. The maximum Gasteiger partial charge on any atom is 0.0923 e. The number of thiocarbonyl (C=S) groups is 1. The molecule has 0 aliphatic rings. The van der Waals surface area contributed by atoms with Gasteiger partial charge in [0.15, 0.2) is 0 Å². The van der Waals surface area contributed by atoms with Gasteiger partial charge >= 0.3 is 0 Å². The molecule has 0 bridgehead atoms. The Bertz CT molecular complexity index is 272. The van der Waals surface area contributed by atoms with E-state index >= 15 is 0 Å². The number of rotatable bonds is 2. The normalized spacial score (nSPS) is 11.2. The fraction of sp³-hybridized carbons (Fsp3) is 0.300. The molecule has 0 amide bonds. The summed E-state index contributed by atoms with van der Waals surface area (Å²) < 4.78 is 1.17. The largest absolute Gasteiger partial charge is 0.0923 e. The van der Waals surface area contributed by atoms with Crippen molar-refractivity contribution in [3.05, 3.63) is 35.9 Å². The Morgan fingerprint density at radius 1 is 1.08 bits per heavy atom. The minimum Gasteiger partial charge on any atom is -0.0894 e. The van der Waals surface area contributed by atoms with Crippen molar-refractivity contribution in [3.63, 3.8) is 0 Å². The summed E-state index contributed by atoms with van der Waals surface area (Å²) in [6.45, 7) is 6.84. The molecule has 0 aliphatic heterocycles. The molecule has 2 heteroatoms. The van der Waals surface area contributed by atoms with Gasteiger partial charge in [-0.1, -0.05) is 62.2 Å². The molecule has 1 aromatic carbocycles. The van der Waals surface area contributed by atoms with Crippen molar-refractivity contribution >= 4 is 24.8 Å². The summed E-state index contributed by atoms with van der Waals surface area (Å²) in [5.41, 5.74) is 1.23. The summed E-state index contributed by atoms with van der Waals surface area (Å²) in [4.78, 5) is 0. The molecule has 0 spiro atoms. The van der Waals surface area contributed by atoms with Crippen LogP contribution in [0.5, 0.6) is 0 Å². The quantitative estimate of drug-likeness (QED) is 0.514. The van der Waals surface area contributed by atoms with Crippen LogP contribution in [0, 0.1) is 0 Å². The van der Waals surface area contributed by atoms with E-state index in [9.17, 15) is 0 Å². The van der Waals surface area contributed by atoms with Gasteiger partial charge in [0.2, 0.25) is 0 Å². The van der Waals surface area contributed by atoms with Crippen LogP contribution in [0.1, 0.15) is 5.56 Å². The van der Waals surface area contributed by atoms with Crippen LogP contribution in [-0.2, 0) is 0 Å². The van der Waals surface area contributed by atoms with Gasteiger partial charge in [-0.25, -0.2) is 0 Å². The zero-order valence-electron chi connectivity index (χ0n) is 7.79. The molecule has 0 saturated heterocycles. The molecule has 0 saturated carbocycles. The Kier molecular flexibility index (Phi) is 2.80. The van der Waals surface area contributed by atoms with Gasteiger partial charge in [-0.3, -0.25) is 0 Å². The van der Waals surface area contributed by atoms with Crippen LogP contribution < -0.4 is 0 Å². The van der Waals surface area contributed by atoms with Crippen molar-refractivity contribution in [2.75, 3.05) is 0 Å². The standard InChI is InChI=1S/C10H14SSi/c1-12(2,3)10(11)9-7-5-4-6-8-9/h4-8H,1-3H3. The Balaban J connectivity index is 2.94. The second kappa shape index (κ2) is 3.50. The van der Waals surface area contributed by atoms with E-state index in [4.69, 9.17) is 12.2 Å². The summed E-state index contributed by atoms with van der Waals surface area (Å²) in [5, 5.41) is 0. The Labute approximate surface area is 80.6 Å². The second-order valence-corrected chi connectivity index (χ2v) is 9.72. The Morgan fingerprint density at radius 3 is 2.00 bits per heavy atom. The van der Waals surface area contributed by atoms with Crippen LogP contribution in [0.15, 0.2) is 30.3 Å². The summed E-state index contributed by atoms with van der Waals surface area (Å²) in [6.07, 6.45) is 0. The molecule has 64 valence electrons. The lowest BCUT2D eigenvalue weighted by molar-refractivity contribution is 1.67. The molecule has 1 rings (SSSR count). The lowest BCUT2D eigenvalue weighted by Crippen LogP contribution is -2.32. The van der Waals surface area contributed by atoms with Gasteiger partial charge < -0.3 is 0 Å². The third kappa shape index (κ3) is 2.25. The van der Waals surface area contributed by atoms with Crippen molar-refractivity contribution in [2.45, 2.75) is 19.6 Å². The predicted octanol–water partition coefficient (Wildman–Crippen LogP) is 3.28. The van der Waals surface area contributed by atoms with Crippen LogP contribution in [0.3, 0.4) is 0 Å². The second-order valence-electron chi connectivity index (χ2n) is 3.95. The molecule has 0 aromatic heterocycles. The van der Waals surface area contributed by atoms with E-state index in [1.807, 2.05) is 18.2 Å². The summed E-state index contributed by atoms with van der Waals surface area (Å²) in [5.74, 6) is 0. The highest BCUT2D eigenvalue weighted by Crippen LogP contribution is 2.12. The van der Waals surface area contributed by atoms with Gasteiger partial charge in [0.05, 0.1) is 8.07 Å². The predicted molar refractivity (Wildman–Crippen MR) is 61.5 cm³/mol. The van der Waals surface area contributed by atoms with Crippen molar-refractivity contribution < 1.29 is 0 Å². The van der Waals surface area contributed by atoms with Gasteiger partial charge in [-0.2, -0.15) is 0 Å². The zero-order valence-corrected chi connectivity index (χ0v) is 9.61. The van der Waals surface area contributed by atoms with Crippen molar-refractivity contribution in [3.8, 4) is 0 Å². The smallest absolute Gasteiger partial charge is 0.0894 e. The highest BCUT2D eigenvalue weighted by Gasteiger charge is 2.20. The third-order valence-electron chi connectivity index (χ3n) is 1.72. The van der Waals surface area contributed by atoms with Gasteiger partial charge in [0.1, 0.15) is 0 Å². The van der Waals surface area contributed by atoms with Gasteiger partial charge in [-0.05, 0) is 5.56 Å². The molecule has 0 heterocycles. The van der Waals surface area contributed by atoms with Crippen LogP contribution in [0.4, 0.5) is 0 Å². The average Bonchev–Trinajstić information content (AvgIpc) is 2.03. The molecule has 1 aromatic rings. The molecule has 0 nitrogen and oxygen atoms in total. The summed E-state index contributed by atoms with van der Waals surface area (Å²) >= 11 is 5.42. The molecule has 12 heavy (non-hydrogen) atoms. The summed E-state index contributed by atoms with van der Waals surface area (Å²) in [7, 11) is -1.27. The molecule has 0 atom stereocenters. The van der Waals surface area contributed by atoms with E-state index in [2.05, 4.69) is 31.8 Å². The fourth-order valence-electron chi connectivity index (χ4n) is 1.02. The van der Waals surface area contributed by atoms with Gasteiger partial charge in [-0.15, -0.1) is 0 Å². The van der Waals surface area contributed by atoms with E-state index in [1.54, 1.807) is 0 Å². The fourth-order valence-corrected chi connectivity index (χ4v) is 2.19. The van der Waals surface area contributed by atoms with Crippen molar-refractivity contribution in [2.24, 2.45) is 0 Å². The minimum atomic E-state index is -1.27. The SMILES string of the molecule is C[Si](C)(C)C(=S)c1ccccc1. The van der Waals surface area contributed by atoms with E-state index < -0.39 is 8.07 Å². The van der Waals surface area contributed by atoms with Crippen LogP contribution in [-0.4, -0.2) is 12.6 Å². The Morgan fingerprint density at radius 2 is 1.58 bits per heavy atom. The molecule has 0 radical (unpaired) electrons. The van der Waals surface area contributed by atoms with E-state index in [1.165, 1.54) is 10.1 Å². The molecule has 0 unspecified atom stereocenters. The van der Waals surface area contributed by atoms with Crippen LogP contribution >= 0.6 is 12.2 Å². The van der Waals surface area contributed by atoms with Gasteiger partial charge in [0, 0.05) is 4.49 Å². The maximum absolute atomic E-state index is 5.42. The highest BCUT2D eigenvalue weighted by molar-refractivity contribution is 7.85. The molecular weight excluding hydrogens is 180 g/mol. The number of hydrogen-bond acceptors (Lipinski definition) is 1. The molecular formula is C10H14SSi. The van der Waals surface area contributed by atoms with E-state index in [-0.39, 0.29) is 0 Å². The summed E-state index contributed by atoms with van der Waals surface area (Å²) in [6, 6.07) is 10.3. The third-order valence-corrected chi connectivity index (χ3v) is 5.44. The van der Waals surface area contributed by atoms with Crippen LogP contribution in [0.25, 0.3) is 0 Å². The average molecular weight is 194 g/mol. The number of benzene rings is 1. The highest BCUT2D eigenvalue weighted by atomic mass is 32.1. The van der Waals surface area contributed by atoms with Crippen molar-refractivity contribution in [1.29, 1.82) is 0 Å². The van der Waals surface area contributed by atoms with Gasteiger partial charge in [0.25, 0.3) is 0 Å². The van der Waals surface area contributed by atoms with Crippen LogP contribution in [0.2, 0.25) is 19.6 Å². The topological polar surface area (TPSA) is 0 Å². The lowest BCUT2D eigenvalue weighted by atomic mass is 10.2.